The van der Waals surface area contributed by atoms with Crippen LogP contribution in [0.1, 0.15) is 38.2 Å². The number of anilines is 1. The molecular formula is C17H25N3O. The van der Waals surface area contributed by atoms with Crippen LogP contribution in [0.25, 0.3) is 0 Å². The van der Waals surface area contributed by atoms with Crippen LogP contribution in [0, 0.1) is 5.92 Å². The lowest BCUT2D eigenvalue weighted by Gasteiger charge is -2.23. The van der Waals surface area contributed by atoms with Gasteiger partial charge >= 0.3 is 0 Å². The van der Waals surface area contributed by atoms with Crippen LogP contribution in [0.4, 0.5) is 5.69 Å². The summed E-state index contributed by atoms with van der Waals surface area (Å²) in [4.78, 5) is 14.7. The molecule has 0 bridgehead atoms. The summed E-state index contributed by atoms with van der Waals surface area (Å²) < 4.78 is 0. The molecule has 1 heterocycles. The molecule has 3 rings (SSSR count). The van der Waals surface area contributed by atoms with Gasteiger partial charge in [0, 0.05) is 12.2 Å². The molecule has 4 heteroatoms. The number of rotatable bonds is 5. The van der Waals surface area contributed by atoms with Crippen LogP contribution in [0.2, 0.25) is 0 Å². The lowest BCUT2D eigenvalue weighted by Crippen LogP contribution is -2.50. The Bertz CT molecular complexity index is 499. The number of hydrogen-bond donors (Lipinski definition) is 2. The number of amides is 1. The number of likely N-dealkylation sites (tertiary alicyclic amines) is 1. The second-order valence-corrected chi connectivity index (χ2v) is 6.69. The molecule has 1 aromatic carbocycles. The maximum absolute atomic E-state index is 12.2. The first-order chi connectivity index (χ1) is 10.1. The fourth-order valence-electron chi connectivity index (χ4n) is 3.03. The van der Waals surface area contributed by atoms with Crippen LogP contribution in [-0.4, -0.2) is 29.4 Å². The van der Waals surface area contributed by atoms with Crippen molar-refractivity contribution in [1.82, 2.24) is 4.90 Å². The largest absolute Gasteiger partial charge is 0.324 e. The predicted molar refractivity (Wildman–Crippen MR) is 84.9 cm³/mol. The van der Waals surface area contributed by atoms with Gasteiger partial charge < -0.3 is 11.1 Å². The van der Waals surface area contributed by atoms with E-state index >= 15 is 0 Å². The van der Waals surface area contributed by atoms with E-state index in [1.807, 2.05) is 19.1 Å². The van der Waals surface area contributed by atoms with Gasteiger partial charge in [0.05, 0.1) is 5.54 Å². The Labute approximate surface area is 126 Å². The van der Waals surface area contributed by atoms with Gasteiger partial charge in [0.2, 0.25) is 5.91 Å². The minimum atomic E-state index is -0.742. The average Bonchev–Trinajstić information content (AvgIpc) is 3.21. The molecule has 1 saturated carbocycles. The molecule has 1 aliphatic heterocycles. The monoisotopic (exact) mass is 287 g/mol. The summed E-state index contributed by atoms with van der Waals surface area (Å²) in [6, 6.07) is 8.15. The molecule has 1 amide bonds. The molecule has 1 aliphatic carbocycles. The van der Waals surface area contributed by atoms with E-state index in [0.29, 0.717) is 5.92 Å². The number of nitrogens with one attached hydrogen (secondary N) is 1. The van der Waals surface area contributed by atoms with Crippen LogP contribution in [0.15, 0.2) is 24.3 Å². The molecule has 4 nitrogen and oxygen atoms in total. The zero-order valence-corrected chi connectivity index (χ0v) is 12.8. The molecule has 2 fully saturated rings. The van der Waals surface area contributed by atoms with Gasteiger partial charge in [-0.3, -0.25) is 9.69 Å². The second kappa shape index (κ2) is 5.78. The van der Waals surface area contributed by atoms with Crippen molar-refractivity contribution in [3.05, 3.63) is 29.8 Å². The quantitative estimate of drug-likeness (QED) is 0.874. The van der Waals surface area contributed by atoms with E-state index in [2.05, 4.69) is 22.3 Å². The van der Waals surface area contributed by atoms with Crippen molar-refractivity contribution >= 4 is 11.6 Å². The number of nitrogens with zero attached hydrogens (tertiary/aromatic N) is 1. The molecule has 2 aliphatic rings. The molecule has 1 saturated heterocycles. The van der Waals surface area contributed by atoms with Crippen LogP contribution < -0.4 is 11.1 Å². The first kappa shape index (κ1) is 14.5. The third-order valence-corrected chi connectivity index (χ3v) is 4.73. The van der Waals surface area contributed by atoms with Crippen LogP contribution in [0.5, 0.6) is 0 Å². The van der Waals surface area contributed by atoms with E-state index in [4.69, 9.17) is 5.73 Å². The first-order valence-corrected chi connectivity index (χ1v) is 7.97. The number of hydrogen-bond acceptors (Lipinski definition) is 3. The smallest absolute Gasteiger partial charge is 0.244 e. The Hall–Kier alpha value is -1.39. The van der Waals surface area contributed by atoms with Crippen molar-refractivity contribution in [2.75, 3.05) is 18.4 Å². The summed E-state index contributed by atoms with van der Waals surface area (Å²) in [5.41, 5.74) is 7.53. The zero-order chi connectivity index (χ0) is 14.9. The van der Waals surface area contributed by atoms with E-state index in [1.54, 1.807) is 0 Å². The molecule has 0 radical (unpaired) electrons. The van der Waals surface area contributed by atoms with E-state index < -0.39 is 5.54 Å². The predicted octanol–water partition coefficient (Wildman–Crippen LogP) is 2.35. The normalized spacial score (nSPS) is 22.0. The van der Waals surface area contributed by atoms with Crippen molar-refractivity contribution in [3.8, 4) is 0 Å². The SMILES string of the molecule is CC(N)(C(=O)Nc1ccc(CN2CCCC2)cc1)C1CC1. The highest BCUT2D eigenvalue weighted by molar-refractivity contribution is 5.98. The molecule has 1 atom stereocenters. The molecule has 0 spiro atoms. The minimum Gasteiger partial charge on any atom is -0.324 e. The summed E-state index contributed by atoms with van der Waals surface area (Å²) in [7, 11) is 0. The van der Waals surface area contributed by atoms with E-state index in [0.717, 1.165) is 25.1 Å². The molecule has 1 aromatic rings. The van der Waals surface area contributed by atoms with E-state index in [9.17, 15) is 4.79 Å². The van der Waals surface area contributed by atoms with Gasteiger partial charge in [-0.25, -0.2) is 0 Å². The fraction of sp³-hybridized carbons (Fsp3) is 0.588. The van der Waals surface area contributed by atoms with Gasteiger partial charge in [-0.15, -0.1) is 0 Å². The van der Waals surface area contributed by atoms with Gasteiger partial charge in [-0.05, 0) is 69.3 Å². The Morgan fingerprint density at radius 2 is 1.90 bits per heavy atom. The molecule has 1 unspecified atom stereocenters. The van der Waals surface area contributed by atoms with Crippen molar-refractivity contribution in [2.24, 2.45) is 11.7 Å². The van der Waals surface area contributed by atoms with Gasteiger partial charge in [-0.2, -0.15) is 0 Å². The zero-order valence-electron chi connectivity index (χ0n) is 12.8. The Morgan fingerprint density at radius 3 is 2.48 bits per heavy atom. The van der Waals surface area contributed by atoms with Crippen molar-refractivity contribution in [1.29, 1.82) is 0 Å². The van der Waals surface area contributed by atoms with E-state index in [1.165, 1.54) is 31.5 Å². The van der Waals surface area contributed by atoms with Gasteiger partial charge in [0.1, 0.15) is 0 Å². The van der Waals surface area contributed by atoms with Gasteiger partial charge in [-0.1, -0.05) is 12.1 Å². The number of benzene rings is 1. The Morgan fingerprint density at radius 1 is 1.29 bits per heavy atom. The summed E-state index contributed by atoms with van der Waals surface area (Å²) in [6.45, 7) is 5.24. The topological polar surface area (TPSA) is 58.4 Å². The third kappa shape index (κ3) is 3.44. The number of carbonyl (C=O) groups excluding carboxylic acids is 1. The molecule has 3 N–H and O–H groups in total. The number of carbonyl (C=O) groups is 1. The Kier molecular flexibility index (Phi) is 4.00. The second-order valence-electron chi connectivity index (χ2n) is 6.69. The number of nitrogens with two attached hydrogens (primary N) is 1. The van der Waals surface area contributed by atoms with Crippen molar-refractivity contribution < 1.29 is 4.79 Å². The van der Waals surface area contributed by atoms with Crippen molar-refractivity contribution in [2.45, 2.75) is 44.7 Å². The van der Waals surface area contributed by atoms with E-state index in [-0.39, 0.29) is 5.91 Å². The first-order valence-electron chi connectivity index (χ1n) is 7.97. The third-order valence-electron chi connectivity index (χ3n) is 4.73. The highest BCUT2D eigenvalue weighted by atomic mass is 16.2. The van der Waals surface area contributed by atoms with Crippen LogP contribution in [-0.2, 0) is 11.3 Å². The summed E-state index contributed by atoms with van der Waals surface area (Å²) >= 11 is 0. The Balaban J connectivity index is 1.57. The molecular weight excluding hydrogens is 262 g/mol. The highest BCUT2D eigenvalue weighted by Gasteiger charge is 2.44. The minimum absolute atomic E-state index is 0.0720. The maximum Gasteiger partial charge on any atom is 0.244 e. The van der Waals surface area contributed by atoms with Crippen LogP contribution in [0.3, 0.4) is 0 Å². The van der Waals surface area contributed by atoms with Gasteiger partial charge in [0.15, 0.2) is 0 Å². The van der Waals surface area contributed by atoms with Gasteiger partial charge in [0.25, 0.3) is 0 Å². The summed E-state index contributed by atoms with van der Waals surface area (Å²) in [6.07, 6.45) is 4.75. The lowest BCUT2D eigenvalue weighted by atomic mass is 9.96. The lowest BCUT2D eigenvalue weighted by molar-refractivity contribution is -0.121. The molecule has 114 valence electrons. The van der Waals surface area contributed by atoms with Crippen molar-refractivity contribution in [3.63, 3.8) is 0 Å². The molecule has 0 aromatic heterocycles. The standard InChI is InChI=1S/C17H25N3O/c1-17(18,14-6-7-14)16(21)19-15-8-4-13(5-9-15)12-20-10-2-3-11-20/h4-5,8-9,14H,2-3,6-7,10-12,18H2,1H3,(H,19,21). The summed E-state index contributed by atoms with van der Waals surface area (Å²) in [5.74, 6) is 0.268. The maximum atomic E-state index is 12.2. The van der Waals surface area contributed by atoms with Crippen LogP contribution >= 0.6 is 0 Å². The average molecular weight is 287 g/mol. The highest BCUT2D eigenvalue weighted by Crippen LogP contribution is 2.38. The fourth-order valence-corrected chi connectivity index (χ4v) is 3.03. The summed E-state index contributed by atoms with van der Waals surface area (Å²) in [5, 5.41) is 2.95. The molecule has 21 heavy (non-hydrogen) atoms.